The minimum atomic E-state index is -0.459. The van der Waals surface area contributed by atoms with Gasteiger partial charge in [0.25, 0.3) is 0 Å². The first kappa shape index (κ1) is 8.05. The summed E-state index contributed by atoms with van der Waals surface area (Å²) in [5, 5.41) is 0. The molecular formula is C9H13NO. The van der Waals surface area contributed by atoms with Gasteiger partial charge in [-0.2, -0.15) is 0 Å². The zero-order chi connectivity index (χ0) is 8.48. The molecule has 2 heteroatoms. The number of carbonyl (C=O) groups excluding carboxylic acids is 1. The molecule has 1 atom stereocenters. The fourth-order valence-electron chi connectivity index (χ4n) is 1.27. The van der Waals surface area contributed by atoms with Crippen LogP contribution in [0.1, 0.15) is 20.3 Å². The molecule has 0 aromatic rings. The molecule has 0 saturated carbocycles. The normalized spacial score (nSPS) is 29.8. The summed E-state index contributed by atoms with van der Waals surface area (Å²) in [6.07, 6.45) is 6.64. The van der Waals surface area contributed by atoms with E-state index < -0.39 is 5.41 Å². The molecule has 1 unspecified atom stereocenters. The van der Waals surface area contributed by atoms with Crippen molar-refractivity contribution in [2.45, 2.75) is 20.3 Å². The lowest BCUT2D eigenvalue weighted by atomic mass is 9.81. The maximum absolute atomic E-state index is 11.0. The highest BCUT2D eigenvalue weighted by atomic mass is 16.1. The van der Waals surface area contributed by atoms with Crippen LogP contribution in [0.2, 0.25) is 0 Å². The number of allylic oxidation sites excluding steroid dienone is 3. The van der Waals surface area contributed by atoms with E-state index in [-0.39, 0.29) is 5.91 Å². The maximum atomic E-state index is 11.0. The van der Waals surface area contributed by atoms with Crippen LogP contribution in [-0.2, 0) is 4.79 Å². The molecule has 0 aromatic carbocycles. The largest absolute Gasteiger partial charge is 0.369 e. The summed E-state index contributed by atoms with van der Waals surface area (Å²) in [6, 6.07) is 0. The Hall–Kier alpha value is -1.05. The molecule has 1 aliphatic rings. The summed E-state index contributed by atoms with van der Waals surface area (Å²) in [5.74, 6) is -0.249. The lowest BCUT2D eigenvalue weighted by molar-refractivity contribution is -0.124. The van der Waals surface area contributed by atoms with Crippen LogP contribution < -0.4 is 5.73 Å². The van der Waals surface area contributed by atoms with Crippen LogP contribution in [-0.4, -0.2) is 5.91 Å². The van der Waals surface area contributed by atoms with Gasteiger partial charge in [0.15, 0.2) is 0 Å². The summed E-state index contributed by atoms with van der Waals surface area (Å²) in [6.45, 7) is 3.83. The first-order valence-corrected chi connectivity index (χ1v) is 3.70. The number of rotatable bonds is 1. The topological polar surface area (TPSA) is 43.1 Å². The van der Waals surface area contributed by atoms with Gasteiger partial charge in [-0.3, -0.25) is 4.79 Å². The van der Waals surface area contributed by atoms with Gasteiger partial charge in [0.2, 0.25) is 5.91 Å². The highest BCUT2D eigenvalue weighted by Gasteiger charge is 2.28. The van der Waals surface area contributed by atoms with Crippen LogP contribution in [0.15, 0.2) is 23.8 Å². The molecule has 0 spiro atoms. The zero-order valence-electron chi connectivity index (χ0n) is 6.92. The molecule has 2 N–H and O–H groups in total. The average Bonchev–Trinajstić information content (AvgIpc) is 1.86. The summed E-state index contributed by atoms with van der Waals surface area (Å²) in [7, 11) is 0. The Morgan fingerprint density at radius 1 is 1.73 bits per heavy atom. The van der Waals surface area contributed by atoms with Crippen LogP contribution in [0.5, 0.6) is 0 Å². The molecule has 0 fully saturated rings. The Bertz CT molecular complexity index is 240. The van der Waals surface area contributed by atoms with E-state index in [1.165, 1.54) is 0 Å². The quantitative estimate of drug-likeness (QED) is 0.604. The monoisotopic (exact) mass is 151 g/mol. The van der Waals surface area contributed by atoms with E-state index in [9.17, 15) is 4.79 Å². The van der Waals surface area contributed by atoms with E-state index in [2.05, 4.69) is 0 Å². The Morgan fingerprint density at radius 3 is 2.73 bits per heavy atom. The van der Waals surface area contributed by atoms with Gasteiger partial charge in [0.05, 0.1) is 5.41 Å². The molecule has 60 valence electrons. The highest BCUT2D eigenvalue weighted by molar-refractivity contribution is 5.83. The van der Waals surface area contributed by atoms with Crippen LogP contribution in [0, 0.1) is 5.41 Å². The predicted molar refractivity (Wildman–Crippen MR) is 44.8 cm³/mol. The Morgan fingerprint density at radius 2 is 2.36 bits per heavy atom. The molecule has 0 saturated heterocycles. The molecular weight excluding hydrogens is 138 g/mol. The number of amides is 1. The Balaban J connectivity index is 2.92. The fourth-order valence-corrected chi connectivity index (χ4v) is 1.27. The van der Waals surface area contributed by atoms with Crippen molar-refractivity contribution in [3.05, 3.63) is 23.8 Å². The minimum Gasteiger partial charge on any atom is -0.369 e. The number of carbonyl (C=O) groups is 1. The average molecular weight is 151 g/mol. The van der Waals surface area contributed by atoms with Gasteiger partial charge in [0, 0.05) is 0 Å². The van der Waals surface area contributed by atoms with Gasteiger partial charge in [0.1, 0.15) is 0 Å². The summed E-state index contributed by atoms with van der Waals surface area (Å²) in [5.41, 5.74) is 5.90. The molecule has 2 nitrogen and oxygen atoms in total. The summed E-state index contributed by atoms with van der Waals surface area (Å²) >= 11 is 0. The molecule has 11 heavy (non-hydrogen) atoms. The second-order valence-electron chi connectivity index (χ2n) is 3.28. The third-order valence-corrected chi connectivity index (χ3v) is 2.03. The summed E-state index contributed by atoms with van der Waals surface area (Å²) in [4.78, 5) is 11.0. The van der Waals surface area contributed by atoms with Crippen molar-refractivity contribution in [2.24, 2.45) is 11.1 Å². The number of hydrogen-bond donors (Lipinski definition) is 1. The first-order valence-electron chi connectivity index (χ1n) is 3.70. The standard InChI is InChI=1S/C9H13NO/c1-7-4-3-5-9(2,6-7)8(10)11/h3-4,6H,5H2,1-2H3,(H2,10,11). The molecule has 0 aromatic heterocycles. The molecule has 0 bridgehead atoms. The van der Waals surface area contributed by atoms with Gasteiger partial charge in [-0.05, 0) is 20.3 Å². The SMILES string of the molecule is CC1=CC(C)(C(N)=O)CC=C1. The van der Waals surface area contributed by atoms with Gasteiger partial charge < -0.3 is 5.73 Å². The third-order valence-electron chi connectivity index (χ3n) is 2.03. The number of nitrogens with two attached hydrogens (primary N) is 1. The molecule has 0 aliphatic heterocycles. The zero-order valence-corrected chi connectivity index (χ0v) is 6.92. The first-order chi connectivity index (χ1) is 5.04. The van der Waals surface area contributed by atoms with Crippen molar-refractivity contribution >= 4 is 5.91 Å². The van der Waals surface area contributed by atoms with Gasteiger partial charge in [-0.25, -0.2) is 0 Å². The molecule has 1 rings (SSSR count). The van der Waals surface area contributed by atoms with Crippen LogP contribution >= 0.6 is 0 Å². The van der Waals surface area contributed by atoms with Crippen molar-refractivity contribution in [3.8, 4) is 0 Å². The Labute approximate surface area is 66.8 Å². The van der Waals surface area contributed by atoms with E-state index in [0.29, 0.717) is 0 Å². The van der Waals surface area contributed by atoms with Crippen molar-refractivity contribution in [3.63, 3.8) is 0 Å². The smallest absolute Gasteiger partial charge is 0.227 e. The van der Waals surface area contributed by atoms with Crippen LogP contribution in [0.4, 0.5) is 0 Å². The van der Waals surface area contributed by atoms with Crippen LogP contribution in [0.3, 0.4) is 0 Å². The van der Waals surface area contributed by atoms with E-state index >= 15 is 0 Å². The van der Waals surface area contributed by atoms with Gasteiger partial charge in [-0.15, -0.1) is 0 Å². The maximum Gasteiger partial charge on any atom is 0.227 e. The van der Waals surface area contributed by atoms with E-state index in [1.54, 1.807) is 0 Å². The lowest BCUT2D eigenvalue weighted by Crippen LogP contribution is -2.33. The van der Waals surface area contributed by atoms with Gasteiger partial charge in [-0.1, -0.05) is 23.8 Å². The van der Waals surface area contributed by atoms with E-state index in [1.807, 2.05) is 32.1 Å². The second kappa shape index (κ2) is 2.53. The van der Waals surface area contributed by atoms with Crippen molar-refractivity contribution in [1.29, 1.82) is 0 Å². The van der Waals surface area contributed by atoms with E-state index in [4.69, 9.17) is 5.73 Å². The molecule has 1 amide bonds. The van der Waals surface area contributed by atoms with Crippen LogP contribution in [0.25, 0.3) is 0 Å². The molecule has 0 heterocycles. The third kappa shape index (κ3) is 1.50. The summed E-state index contributed by atoms with van der Waals surface area (Å²) < 4.78 is 0. The van der Waals surface area contributed by atoms with Gasteiger partial charge >= 0.3 is 0 Å². The number of hydrogen-bond acceptors (Lipinski definition) is 1. The van der Waals surface area contributed by atoms with Crippen molar-refractivity contribution in [1.82, 2.24) is 0 Å². The van der Waals surface area contributed by atoms with E-state index in [0.717, 1.165) is 12.0 Å². The number of primary amides is 1. The Kier molecular flexibility index (Phi) is 1.85. The minimum absolute atomic E-state index is 0.249. The van der Waals surface area contributed by atoms with Crippen molar-refractivity contribution < 1.29 is 4.79 Å². The molecule has 0 radical (unpaired) electrons. The predicted octanol–water partition coefficient (Wildman–Crippen LogP) is 1.38. The lowest BCUT2D eigenvalue weighted by Gasteiger charge is -2.23. The second-order valence-corrected chi connectivity index (χ2v) is 3.28. The highest BCUT2D eigenvalue weighted by Crippen LogP contribution is 2.28. The fraction of sp³-hybridized carbons (Fsp3) is 0.444. The molecule has 1 aliphatic carbocycles. The van der Waals surface area contributed by atoms with Crippen molar-refractivity contribution in [2.75, 3.05) is 0 Å².